The van der Waals surface area contributed by atoms with E-state index in [0.717, 1.165) is 10.6 Å². The van der Waals surface area contributed by atoms with E-state index in [1.165, 1.54) is 13.8 Å². The number of carbonyl (C=O) groups excluding carboxylic acids is 2. The molecule has 2 aromatic rings. The first-order valence-corrected chi connectivity index (χ1v) is 9.09. The predicted molar refractivity (Wildman–Crippen MR) is 106 cm³/mol. The maximum Gasteiger partial charge on any atom is 0.404 e. The molecular formula is C20H21ClN2O6. The summed E-state index contributed by atoms with van der Waals surface area (Å²) in [7, 11) is 0. The number of carbonyl (C=O) groups is 3. The van der Waals surface area contributed by atoms with Crippen molar-refractivity contribution in [3.8, 4) is 11.5 Å². The summed E-state index contributed by atoms with van der Waals surface area (Å²) in [5, 5.41) is 12.7. The van der Waals surface area contributed by atoms with Crippen molar-refractivity contribution in [2.24, 2.45) is 0 Å². The summed E-state index contributed by atoms with van der Waals surface area (Å²) in [5.41, 5.74) is 0.737. The third kappa shape index (κ3) is 7.34. The Balaban J connectivity index is 2.16. The second kappa shape index (κ2) is 10.3. The molecule has 0 aliphatic rings. The Morgan fingerprint density at radius 1 is 1.03 bits per heavy atom. The molecule has 1 atom stereocenters. The van der Waals surface area contributed by atoms with Crippen molar-refractivity contribution in [1.29, 1.82) is 0 Å². The van der Waals surface area contributed by atoms with Gasteiger partial charge in [0.1, 0.15) is 11.5 Å². The summed E-state index contributed by atoms with van der Waals surface area (Å²) in [6.45, 7) is 2.46. The van der Waals surface area contributed by atoms with Crippen LogP contribution in [0.15, 0.2) is 48.5 Å². The van der Waals surface area contributed by atoms with Gasteiger partial charge in [-0.25, -0.2) is 4.79 Å². The minimum Gasteiger partial charge on any atom is -0.465 e. The van der Waals surface area contributed by atoms with Crippen LogP contribution in [0, 0.1) is 0 Å². The highest BCUT2D eigenvalue weighted by Gasteiger charge is 2.21. The van der Waals surface area contributed by atoms with Crippen molar-refractivity contribution in [2.45, 2.75) is 19.8 Å². The lowest BCUT2D eigenvalue weighted by molar-refractivity contribution is -0.195. The Morgan fingerprint density at radius 3 is 2.07 bits per heavy atom. The van der Waals surface area contributed by atoms with Crippen LogP contribution in [0.2, 0.25) is 5.02 Å². The number of ether oxygens (including phenoxy) is 1. The van der Waals surface area contributed by atoms with Gasteiger partial charge in [0.05, 0.1) is 6.54 Å². The van der Waals surface area contributed by atoms with Gasteiger partial charge in [0.25, 0.3) is 5.91 Å². The van der Waals surface area contributed by atoms with Gasteiger partial charge >= 0.3 is 12.1 Å². The fourth-order valence-corrected chi connectivity index (χ4v) is 2.66. The SMILES string of the molecule is CC(=O)ON(C[C@@H](CNC(=O)O)c1ccc(Oc2ccc(Cl)cc2)cc1)C(C)=O. The van der Waals surface area contributed by atoms with Gasteiger partial charge in [-0.2, -0.15) is 5.06 Å². The van der Waals surface area contributed by atoms with Crippen LogP contribution >= 0.6 is 11.6 Å². The molecule has 2 N–H and O–H groups in total. The fourth-order valence-electron chi connectivity index (χ4n) is 2.53. The van der Waals surface area contributed by atoms with Gasteiger partial charge in [0, 0.05) is 31.3 Å². The van der Waals surface area contributed by atoms with Gasteiger partial charge < -0.3 is 20.0 Å². The number of halogens is 1. The maximum atomic E-state index is 11.7. The summed E-state index contributed by atoms with van der Waals surface area (Å²) in [4.78, 5) is 38.8. The molecule has 0 aliphatic carbocycles. The molecule has 9 heteroatoms. The van der Waals surface area contributed by atoms with Crippen LogP contribution in [0.1, 0.15) is 25.3 Å². The summed E-state index contributed by atoms with van der Waals surface area (Å²) in [6.07, 6.45) is -1.19. The van der Waals surface area contributed by atoms with E-state index in [1.54, 1.807) is 48.5 Å². The summed E-state index contributed by atoms with van der Waals surface area (Å²) in [6, 6.07) is 13.9. The summed E-state index contributed by atoms with van der Waals surface area (Å²) < 4.78 is 5.74. The van der Waals surface area contributed by atoms with Crippen molar-refractivity contribution in [1.82, 2.24) is 10.4 Å². The maximum absolute atomic E-state index is 11.7. The molecule has 2 amide bonds. The number of hydrogen-bond donors (Lipinski definition) is 2. The van der Waals surface area contributed by atoms with Crippen molar-refractivity contribution in [2.75, 3.05) is 13.1 Å². The number of amides is 2. The molecule has 2 aromatic carbocycles. The van der Waals surface area contributed by atoms with Crippen LogP contribution in [0.3, 0.4) is 0 Å². The van der Waals surface area contributed by atoms with Gasteiger partial charge in [-0.15, -0.1) is 0 Å². The fraction of sp³-hybridized carbons (Fsp3) is 0.250. The van der Waals surface area contributed by atoms with Gasteiger partial charge in [-0.05, 0) is 42.0 Å². The number of carboxylic acid groups (broad SMARTS) is 1. The lowest BCUT2D eigenvalue weighted by Crippen LogP contribution is -2.38. The molecule has 0 aromatic heterocycles. The molecular weight excluding hydrogens is 400 g/mol. The van der Waals surface area contributed by atoms with E-state index in [2.05, 4.69) is 5.32 Å². The molecule has 0 fully saturated rings. The van der Waals surface area contributed by atoms with E-state index >= 15 is 0 Å². The molecule has 0 radical (unpaired) electrons. The number of benzene rings is 2. The molecule has 2 rings (SSSR count). The molecule has 0 unspecified atom stereocenters. The second-order valence-electron chi connectivity index (χ2n) is 6.17. The monoisotopic (exact) mass is 420 g/mol. The molecule has 0 saturated heterocycles. The zero-order chi connectivity index (χ0) is 21.4. The Labute approximate surface area is 172 Å². The van der Waals surface area contributed by atoms with Crippen molar-refractivity contribution >= 4 is 29.6 Å². The zero-order valence-electron chi connectivity index (χ0n) is 15.9. The molecule has 8 nitrogen and oxygen atoms in total. The molecule has 0 heterocycles. The van der Waals surface area contributed by atoms with Crippen LogP contribution in [-0.2, 0) is 14.4 Å². The lowest BCUT2D eigenvalue weighted by Gasteiger charge is -2.25. The van der Waals surface area contributed by atoms with Crippen molar-refractivity contribution in [3.05, 3.63) is 59.1 Å². The Morgan fingerprint density at radius 2 is 1.59 bits per heavy atom. The highest BCUT2D eigenvalue weighted by Crippen LogP contribution is 2.26. The van der Waals surface area contributed by atoms with Crippen LogP contribution in [0.25, 0.3) is 0 Å². The van der Waals surface area contributed by atoms with Crippen LogP contribution in [-0.4, -0.2) is 41.2 Å². The number of rotatable bonds is 7. The summed E-state index contributed by atoms with van der Waals surface area (Å²) >= 11 is 5.85. The van der Waals surface area contributed by atoms with E-state index in [-0.39, 0.29) is 13.1 Å². The molecule has 29 heavy (non-hydrogen) atoms. The minimum absolute atomic E-state index is 0.00736. The van der Waals surface area contributed by atoms with E-state index in [0.29, 0.717) is 16.5 Å². The Hall–Kier alpha value is -3.26. The van der Waals surface area contributed by atoms with E-state index in [4.69, 9.17) is 26.3 Å². The average molecular weight is 421 g/mol. The topological polar surface area (TPSA) is 105 Å². The lowest BCUT2D eigenvalue weighted by atomic mass is 9.98. The smallest absolute Gasteiger partial charge is 0.404 e. The highest BCUT2D eigenvalue weighted by atomic mass is 35.5. The first-order chi connectivity index (χ1) is 13.7. The number of nitrogens with zero attached hydrogens (tertiary/aromatic N) is 1. The first kappa shape index (κ1) is 22.0. The largest absolute Gasteiger partial charge is 0.465 e. The van der Waals surface area contributed by atoms with Gasteiger partial charge in [-0.1, -0.05) is 23.7 Å². The van der Waals surface area contributed by atoms with Crippen LogP contribution < -0.4 is 10.1 Å². The molecule has 154 valence electrons. The average Bonchev–Trinajstić information content (AvgIpc) is 2.66. The zero-order valence-corrected chi connectivity index (χ0v) is 16.7. The minimum atomic E-state index is -1.19. The number of hydrogen-bond acceptors (Lipinski definition) is 5. The van der Waals surface area contributed by atoms with E-state index in [9.17, 15) is 14.4 Å². The number of hydroxylamine groups is 2. The molecule has 0 spiro atoms. The third-order valence-corrected chi connectivity index (χ3v) is 4.13. The molecule has 0 saturated carbocycles. The molecule has 0 bridgehead atoms. The van der Waals surface area contributed by atoms with Crippen LogP contribution in [0.4, 0.5) is 4.79 Å². The van der Waals surface area contributed by atoms with Crippen LogP contribution in [0.5, 0.6) is 11.5 Å². The third-order valence-electron chi connectivity index (χ3n) is 3.88. The predicted octanol–water partition coefficient (Wildman–Crippen LogP) is 3.81. The second-order valence-corrected chi connectivity index (χ2v) is 6.61. The highest BCUT2D eigenvalue weighted by molar-refractivity contribution is 6.30. The van der Waals surface area contributed by atoms with Gasteiger partial charge in [0.2, 0.25) is 0 Å². The summed E-state index contributed by atoms with van der Waals surface area (Å²) in [5.74, 6) is -0.368. The van der Waals surface area contributed by atoms with Crippen molar-refractivity contribution < 1.29 is 29.1 Å². The molecule has 0 aliphatic heterocycles. The first-order valence-electron chi connectivity index (χ1n) is 8.71. The van der Waals surface area contributed by atoms with Crippen molar-refractivity contribution in [3.63, 3.8) is 0 Å². The Bertz CT molecular complexity index is 854. The normalized spacial score (nSPS) is 11.3. The number of nitrogens with one attached hydrogen (secondary N) is 1. The van der Waals surface area contributed by atoms with Gasteiger partial charge in [-0.3, -0.25) is 9.59 Å². The standard InChI is InChI=1S/C20H21ClN2O6/c1-13(24)23(29-14(2)25)12-16(11-22-20(26)27)15-3-7-18(8-4-15)28-19-9-5-17(21)6-10-19/h3-10,16,22H,11-12H2,1-2H3,(H,26,27)/t16-/m1/s1. The van der Waals surface area contributed by atoms with E-state index in [1.807, 2.05) is 0 Å². The Kier molecular flexibility index (Phi) is 7.85. The van der Waals surface area contributed by atoms with Gasteiger partial charge in [0.15, 0.2) is 0 Å². The van der Waals surface area contributed by atoms with E-state index < -0.39 is 23.9 Å². The quantitative estimate of drug-likeness (QED) is 0.660.